The monoisotopic (exact) mass is 315 g/mol. The van der Waals surface area contributed by atoms with Crippen molar-refractivity contribution < 1.29 is 22.8 Å². The molecule has 5 nitrogen and oxygen atoms in total. The number of hydrogen-bond donors (Lipinski definition) is 0. The van der Waals surface area contributed by atoms with Gasteiger partial charge >= 0.3 is 6.18 Å². The lowest BCUT2D eigenvalue weighted by molar-refractivity contribution is -0.169. The van der Waals surface area contributed by atoms with Crippen molar-refractivity contribution >= 4 is 21.8 Å². The topological polar surface area (TPSA) is 47.4 Å². The van der Waals surface area contributed by atoms with Crippen LogP contribution in [0.5, 0.6) is 0 Å². The molecule has 0 aliphatic heterocycles. The van der Waals surface area contributed by atoms with Gasteiger partial charge in [-0.2, -0.15) is 18.3 Å². The van der Waals surface area contributed by atoms with E-state index in [0.29, 0.717) is 0 Å². The van der Waals surface area contributed by atoms with E-state index in [2.05, 4.69) is 25.9 Å². The Hall–Kier alpha value is -1.09. The lowest BCUT2D eigenvalue weighted by Crippen LogP contribution is -2.29. The molecule has 1 aromatic heterocycles. The van der Waals surface area contributed by atoms with Crippen molar-refractivity contribution in [2.24, 2.45) is 0 Å². The Labute approximate surface area is 103 Å². The van der Waals surface area contributed by atoms with Crippen molar-refractivity contribution in [3.63, 3.8) is 0 Å². The van der Waals surface area contributed by atoms with Crippen LogP contribution in [0.2, 0.25) is 0 Å². The number of hydroxylamine groups is 2. The molecule has 17 heavy (non-hydrogen) atoms. The summed E-state index contributed by atoms with van der Waals surface area (Å²) in [7, 11) is 2.63. The summed E-state index contributed by atoms with van der Waals surface area (Å²) in [6, 6.07) is 0.806. The molecule has 0 unspecified atom stereocenters. The van der Waals surface area contributed by atoms with Crippen molar-refractivity contribution in [3.8, 4) is 0 Å². The van der Waals surface area contributed by atoms with Crippen LogP contribution in [0.25, 0.3) is 0 Å². The number of carbonyl (C=O) groups is 1. The van der Waals surface area contributed by atoms with Crippen LogP contribution in [0, 0.1) is 0 Å². The second-order valence-corrected chi connectivity index (χ2v) is 3.89. The highest BCUT2D eigenvalue weighted by Gasteiger charge is 2.34. The Morgan fingerprint density at radius 2 is 2.24 bits per heavy atom. The Balaban J connectivity index is 2.86. The van der Waals surface area contributed by atoms with E-state index in [1.165, 1.54) is 14.2 Å². The fourth-order valence-electron chi connectivity index (χ4n) is 0.973. The first kappa shape index (κ1) is 14.0. The van der Waals surface area contributed by atoms with Gasteiger partial charge in [0.1, 0.15) is 11.1 Å². The minimum atomic E-state index is -4.54. The molecule has 0 aliphatic carbocycles. The summed E-state index contributed by atoms with van der Waals surface area (Å²) in [4.78, 5) is 16.0. The number of amides is 1. The zero-order valence-corrected chi connectivity index (χ0v) is 10.5. The molecular formula is C8H9BrF3N3O2. The molecule has 0 saturated heterocycles. The molecule has 96 valence electrons. The first-order chi connectivity index (χ1) is 7.75. The number of likely N-dealkylation sites (N-methyl/N-ethyl adjacent to an activating group) is 1. The van der Waals surface area contributed by atoms with Crippen LogP contribution >= 0.6 is 15.9 Å². The van der Waals surface area contributed by atoms with E-state index < -0.39 is 17.8 Å². The fourth-order valence-corrected chi connectivity index (χ4v) is 1.39. The fraction of sp³-hybridized carbons (Fsp3) is 0.500. The molecule has 0 aliphatic rings. The van der Waals surface area contributed by atoms with E-state index in [9.17, 15) is 18.0 Å². The maximum atomic E-state index is 12.3. The number of aromatic nitrogens is 2. The zero-order chi connectivity index (χ0) is 13.2. The number of hydrogen-bond acceptors (Lipinski definition) is 3. The molecule has 1 amide bonds. The summed E-state index contributed by atoms with van der Waals surface area (Å²) in [6.45, 7) is -0.346. The molecule has 0 fully saturated rings. The Morgan fingerprint density at radius 1 is 1.65 bits per heavy atom. The minimum Gasteiger partial charge on any atom is -0.275 e. The molecule has 1 heterocycles. The average Bonchev–Trinajstić information content (AvgIpc) is 2.58. The number of halogens is 4. The van der Waals surface area contributed by atoms with Crippen molar-refractivity contribution in [1.29, 1.82) is 0 Å². The Morgan fingerprint density at radius 3 is 2.65 bits per heavy atom. The molecule has 0 saturated carbocycles. The summed E-state index contributed by atoms with van der Waals surface area (Å²) < 4.78 is 38.0. The van der Waals surface area contributed by atoms with Crippen LogP contribution in [0.1, 0.15) is 5.69 Å². The van der Waals surface area contributed by atoms with Gasteiger partial charge in [0.15, 0.2) is 5.69 Å². The molecule has 0 radical (unpaired) electrons. The molecule has 0 bridgehead atoms. The summed E-state index contributed by atoms with van der Waals surface area (Å²) in [5, 5.41) is 4.18. The van der Waals surface area contributed by atoms with E-state index in [4.69, 9.17) is 0 Å². The molecular weight excluding hydrogens is 307 g/mol. The van der Waals surface area contributed by atoms with Gasteiger partial charge in [0.2, 0.25) is 0 Å². The maximum Gasteiger partial charge on any atom is 0.435 e. The standard InChI is InChI=1S/C8H9BrF3N3O2/c1-14(17-2)7(16)4-15-6(9)3-5(13-15)8(10,11)12/h3H,4H2,1-2H3. The van der Waals surface area contributed by atoms with Gasteiger partial charge in [-0.05, 0) is 15.9 Å². The van der Waals surface area contributed by atoms with E-state index in [1.807, 2.05) is 0 Å². The summed E-state index contributed by atoms with van der Waals surface area (Å²) in [5.74, 6) is -0.523. The third kappa shape index (κ3) is 3.43. The number of rotatable bonds is 3. The molecule has 0 atom stereocenters. The number of alkyl halides is 3. The second kappa shape index (κ2) is 5.05. The van der Waals surface area contributed by atoms with E-state index in [-0.39, 0.29) is 11.1 Å². The summed E-state index contributed by atoms with van der Waals surface area (Å²) in [5.41, 5.74) is -1.06. The van der Waals surface area contributed by atoms with Gasteiger partial charge in [-0.3, -0.25) is 9.63 Å². The number of carbonyl (C=O) groups excluding carboxylic acids is 1. The normalized spacial score (nSPS) is 11.6. The molecule has 1 rings (SSSR count). The lowest BCUT2D eigenvalue weighted by atomic mass is 10.4. The van der Waals surface area contributed by atoms with Crippen molar-refractivity contribution in [1.82, 2.24) is 14.8 Å². The van der Waals surface area contributed by atoms with Gasteiger partial charge in [0.05, 0.1) is 7.11 Å². The highest BCUT2D eigenvalue weighted by atomic mass is 79.9. The van der Waals surface area contributed by atoms with Crippen LogP contribution in [0.15, 0.2) is 10.7 Å². The van der Waals surface area contributed by atoms with Crippen molar-refractivity contribution in [2.45, 2.75) is 12.7 Å². The average molecular weight is 316 g/mol. The first-order valence-electron chi connectivity index (χ1n) is 4.37. The largest absolute Gasteiger partial charge is 0.435 e. The van der Waals surface area contributed by atoms with Crippen molar-refractivity contribution in [2.75, 3.05) is 14.2 Å². The van der Waals surface area contributed by atoms with Crippen LogP contribution < -0.4 is 0 Å². The van der Waals surface area contributed by atoms with E-state index >= 15 is 0 Å². The molecule has 0 N–H and O–H groups in total. The third-order valence-electron chi connectivity index (χ3n) is 1.93. The van der Waals surface area contributed by atoms with Crippen LogP contribution in [0.3, 0.4) is 0 Å². The maximum absolute atomic E-state index is 12.3. The van der Waals surface area contributed by atoms with Crippen LogP contribution in [-0.4, -0.2) is 34.9 Å². The smallest absolute Gasteiger partial charge is 0.275 e. The zero-order valence-electron chi connectivity index (χ0n) is 8.95. The number of nitrogens with zero attached hydrogens (tertiary/aromatic N) is 3. The minimum absolute atomic E-state index is 0.0719. The van der Waals surface area contributed by atoms with Crippen LogP contribution in [0.4, 0.5) is 13.2 Å². The van der Waals surface area contributed by atoms with Gasteiger partial charge in [0, 0.05) is 13.1 Å². The highest BCUT2D eigenvalue weighted by molar-refractivity contribution is 9.10. The van der Waals surface area contributed by atoms with E-state index in [1.54, 1.807) is 0 Å². The third-order valence-corrected chi connectivity index (χ3v) is 2.57. The summed E-state index contributed by atoms with van der Waals surface area (Å²) >= 11 is 2.90. The summed E-state index contributed by atoms with van der Waals surface area (Å²) in [6.07, 6.45) is -4.54. The van der Waals surface area contributed by atoms with Gasteiger partial charge in [-0.25, -0.2) is 9.75 Å². The van der Waals surface area contributed by atoms with Gasteiger partial charge in [0.25, 0.3) is 5.91 Å². The van der Waals surface area contributed by atoms with E-state index in [0.717, 1.165) is 15.8 Å². The van der Waals surface area contributed by atoms with Gasteiger partial charge < -0.3 is 0 Å². The van der Waals surface area contributed by atoms with Gasteiger partial charge in [-0.15, -0.1) is 0 Å². The van der Waals surface area contributed by atoms with Crippen molar-refractivity contribution in [3.05, 3.63) is 16.4 Å². The Bertz CT molecular complexity index is 419. The molecule has 1 aromatic rings. The van der Waals surface area contributed by atoms with Crippen LogP contribution in [-0.2, 0) is 22.4 Å². The molecule has 0 aromatic carbocycles. The predicted octanol–water partition coefficient (Wildman–Crippen LogP) is 1.68. The Kier molecular flexibility index (Phi) is 4.15. The first-order valence-corrected chi connectivity index (χ1v) is 5.16. The highest BCUT2D eigenvalue weighted by Crippen LogP contribution is 2.29. The van der Waals surface area contributed by atoms with Gasteiger partial charge in [-0.1, -0.05) is 0 Å². The lowest BCUT2D eigenvalue weighted by Gasteiger charge is -2.13. The predicted molar refractivity (Wildman–Crippen MR) is 54.7 cm³/mol. The second-order valence-electron chi connectivity index (χ2n) is 3.08. The molecule has 0 spiro atoms. The molecule has 9 heteroatoms. The quantitative estimate of drug-likeness (QED) is 0.797. The SMILES string of the molecule is CON(C)C(=O)Cn1nc(C(F)(F)F)cc1Br.